The van der Waals surface area contributed by atoms with E-state index in [0.29, 0.717) is 5.69 Å². The van der Waals surface area contributed by atoms with Crippen LogP contribution in [0.25, 0.3) is 0 Å². The minimum absolute atomic E-state index is 0.0969. The second-order valence-electron chi connectivity index (χ2n) is 6.02. The minimum Gasteiger partial charge on any atom is -0.461 e. The van der Waals surface area contributed by atoms with Crippen LogP contribution in [0.3, 0.4) is 0 Å². The summed E-state index contributed by atoms with van der Waals surface area (Å²) in [5.74, 6) is -3.63. The average Bonchev–Trinajstić information content (AvgIpc) is 3.13. The van der Waals surface area contributed by atoms with Gasteiger partial charge in [-0.25, -0.2) is 14.7 Å². The smallest absolute Gasteiger partial charge is 0.355 e. The summed E-state index contributed by atoms with van der Waals surface area (Å²) in [5, 5.41) is 4.80. The first-order valence-electron chi connectivity index (χ1n) is 8.42. The number of anilines is 1. The highest BCUT2D eigenvalue weighted by Gasteiger charge is 2.59. The van der Waals surface area contributed by atoms with E-state index in [1.54, 1.807) is 19.1 Å². The van der Waals surface area contributed by atoms with E-state index in [2.05, 4.69) is 5.10 Å². The molecule has 0 saturated carbocycles. The molecule has 2 aliphatic rings. The third kappa shape index (κ3) is 2.67. The van der Waals surface area contributed by atoms with Crippen molar-refractivity contribution >= 4 is 35.1 Å². The molecule has 2 aliphatic heterocycles. The molecule has 0 unspecified atom stereocenters. The van der Waals surface area contributed by atoms with Crippen LogP contribution < -0.4 is 4.90 Å². The van der Waals surface area contributed by atoms with Gasteiger partial charge in [0, 0.05) is 6.92 Å². The topological polar surface area (TPSA) is 96.3 Å². The van der Waals surface area contributed by atoms with Gasteiger partial charge >= 0.3 is 5.97 Å². The number of benzene rings is 1. The second-order valence-corrected chi connectivity index (χ2v) is 6.02. The van der Waals surface area contributed by atoms with Crippen LogP contribution in [0.4, 0.5) is 5.69 Å². The third-order valence-electron chi connectivity index (χ3n) is 4.46. The van der Waals surface area contributed by atoms with Crippen molar-refractivity contribution in [1.82, 2.24) is 5.01 Å². The highest BCUT2D eigenvalue weighted by molar-refractivity contribution is 6.47. The van der Waals surface area contributed by atoms with E-state index < -0.39 is 35.7 Å². The van der Waals surface area contributed by atoms with Gasteiger partial charge in [-0.15, -0.1) is 0 Å². The van der Waals surface area contributed by atoms with Crippen LogP contribution in [0.2, 0.25) is 0 Å². The summed E-state index contributed by atoms with van der Waals surface area (Å²) >= 11 is 0. The molecule has 2 heterocycles. The number of aryl methyl sites for hydroxylation is 1. The van der Waals surface area contributed by atoms with Crippen LogP contribution in [-0.4, -0.2) is 47.1 Å². The van der Waals surface area contributed by atoms with Gasteiger partial charge in [-0.3, -0.25) is 14.4 Å². The number of hydrogen-bond acceptors (Lipinski definition) is 6. The van der Waals surface area contributed by atoms with Crippen molar-refractivity contribution in [2.24, 2.45) is 11.0 Å². The van der Waals surface area contributed by atoms with Gasteiger partial charge in [0.2, 0.25) is 11.8 Å². The number of ether oxygens (including phenoxy) is 1. The molecule has 1 aromatic rings. The predicted octanol–water partition coefficient (Wildman–Crippen LogP) is 0.888. The summed E-state index contributed by atoms with van der Waals surface area (Å²) in [7, 11) is 0. The van der Waals surface area contributed by atoms with Crippen molar-refractivity contribution in [3.63, 3.8) is 0 Å². The van der Waals surface area contributed by atoms with E-state index in [4.69, 9.17) is 4.74 Å². The highest BCUT2D eigenvalue weighted by Crippen LogP contribution is 2.35. The Morgan fingerprint density at radius 2 is 1.77 bits per heavy atom. The fourth-order valence-corrected chi connectivity index (χ4v) is 3.18. The quantitative estimate of drug-likeness (QED) is 0.589. The molecule has 26 heavy (non-hydrogen) atoms. The normalized spacial score (nSPS) is 21.7. The van der Waals surface area contributed by atoms with Gasteiger partial charge in [0.25, 0.3) is 5.91 Å². The number of amides is 3. The minimum atomic E-state index is -1.15. The molecule has 1 aromatic carbocycles. The Kier molecular flexibility index (Phi) is 4.58. The number of carbonyl (C=O) groups excluding carboxylic acids is 4. The molecule has 0 radical (unpaired) electrons. The van der Waals surface area contributed by atoms with Crippen molar-refractivity contribution in [1.29, 1.82) is 0 Å². The van der Waals surface area contributed by atoms with Crippen molar-refractivity contribution in [3.8, 4) is 0 Å². The lowest BCUT2D eigenvalue weighted by Gasteiger charge is -2.19. The van der Waals surface area contributed by atoms with Crippen molar-refractivity contribution in [3.05, 3.63) is 29.8 Å². The van der Waals surface area contributed by atoms with Crippen LogP contribution in [-0.2, 0) is 30.3 Å². The number of hydrogen-bond donors (Lipinski definition) is 0. The number of rotatable bonds is 4. The van der Waals surface area contributed by atoms with E-state index >= 15 is 0 Å². The first-order valence-corrected chi connectivity index (χ1v) is 8.42. The molecule has 0 N–H and O–H groups in total. The van der Waals surface area contributed by atoms with Crippen molar-refractivity contribution in [2.45, 2.75) is 33.2 Å². The molecule has 136 valence electrons. The summed E-state index contributed by atoms with van der Waals surface area (Å²) in [5.41, 5.74) is 1.25. The van der Waals surface area contributed by atoms with Gasteiger partial charge in [-0.05, 0) is 31.0 Å². The maximum atomic E-state index is 12.9. The molecule has 3 rings (SSSR count). The van der Waals surface area contributed by atoms with E-state index in [0.717, 1.165) is 21.9 Å². The zero-order chi connectivity index (χ0) is 19.0. The number of imide groups is 1. The Bertz CT molecular complexity index is 815. The molecule has 0 aliphatic carbocycles. The maximum absolute atomic E-state index is 12.9. The lowest BCUT2D eigenvalue weighted by Crippen LogP contribution is -2.41. The third-order valence-corrected chi connectivity index (χ3v) is 4.46. The van der Waals surface area contributed by atoms with Gasteiger partial charge in [0.1, 0.15) is 5.92 Å². The average molecular weight is 357 g/mol. The fraction of sp³-hybridized carbons (Fsp3) is 0.389. The van der Waals surface area contributed by atoms with E-state index in [1.807, 2.05) is 19.1 Å². The zero-order valence-corrected chi connectivity index (χ0v) is 14.8. The van der Waals surface area contributed by atoms with Crippen LogP contribution in [0.5, 0.6) is 0 Å². The summed E-state index contributed by atoms with van der Waals surface area (Å²) in [6.07, 6.45) is 0.825. The van der Waals surface area contributed by atoms with E-state index in [9.17, 15) is 19.2 Å². The number of fused-ring (bicyclic) bond motifs is 1. The molecular weight excluding hydrogens is 338 g/mol. The SMILES string of the molecule is CCOC(=O)C1=NN(C(C)=O)[C@H]2C(=O)N(c3ccc(CC)cc3)C(=O)[C@H]12. The molecule has 1 fully saturated rings. The van der Waals surface area contributed by atoms with Gasteiger partial charge < -0.3 is 4.74 Å². The number of esters is 1. The summed E-state index contributed by atoms with van der Waals surface area (Å²) in [6, 6.07) is 5.86. The Morgan fingerprint density at radius 3 is 2.31 bits per heavy atom. The molecule has 0 spiro atoms. The molecule has 2 atom stereocenters. The largest absolute Gasteiger partial charge is 0.461 e. The van der Waals surface area contributed by atoms with Gasteiger partial charge in [-0.1, -0.05) is 19.1 Å². The molecule has 0 aromatic heterocycles. The number of hydrazone groups is 1. The van der Waals surface area contributed by atoms with Crippen LogP contribution in [0.15, 0.2) is 29.4 Å². The van der Waals surface area contributed by atoms with E-state index in [1.165, 1.54) is 6.92 Å². The monoisotopic (exact) mass is 357 g/mol. The Labute approximate surface area is 150 Å². The molecule has 3 amide bonds. The molecular formula is C18H19N3O5. The molecule has 8 heteroatoms. The van der Waals surface area contributed by atoms with E-state index in [-0.39, 0.29) is 12.3 Å². The summed E-state index contributed by atoms with van der Waals surface area (Å²) in [4.78, 5) is 50.8. The second kappa shape index (κ2) is 6.70. The summed E-state index contributed by atoms with van der Waals surface area (Å²) in [6.45, 7) is 4.94. The van der Waals surface area contributed by atoms with Crippen molar-refractivity contribution < 1.29 is 23.9 Å². The Hall–Kier alpha value is -3.03. The Morgan fingerprint density at radius 1 is 1.12 bits per heavy atom. The molecule has 8 nitrogen and oxygen atoms in total. The van der Waals surface area contributed by atoms with Crippen LogP contribution >= 0.6 is 0 Å². The Balaban J connectivity index is 2.00. The maximum Gasteiger partial charge on any atom is 0.355 e. The standard InChI is InChI=1S/C18H19N3O5/c1-4-11-6-8-12(9-7-11)20-16(23)13-14(18(25)26-5-2)19-21(10(3)22)15(13)17(20)24/h6-9,13,15H,4-5H2,1-3H3/t13-,15-/m1/s1. The fourth-order valence-electron chi connectivity index (χ4n) is 3.18. The van der Waals surface area contributed by atoms with Crippen LogP contribution in [0, 0.1) is 5.92 Å². The predicted molar refractivity (Wildman–Crippen MR) is 92.2 cm³/mol. The van der Waals surface area contributed by atoms with Crippen molar-refractivity contribution in [2.75, 3.05) is 11.5 Å². The highest BCUT2D eigenvalue weighted by atomic mass is 16.5. The first kappa shape index (κ1) is 17.8. The summed E-state index contributed by atoms with van der Waals surface area (Å²) < 4.78 is 4.93. The molecule has 1 saturated heterocycles. The number of nitrogens with zero attached hydrogens (tertiary/aromatic N) is 3. The number of carbonyl (C=O) groups is 4. The zero-order valence-electron chi connectivity index (χ0n) is 14.8. The molecule has 0 bridgehead atoms. The van der Waals surface area contributed by atoms with Gasteiger partial charge in [0.05, 0.1) is 12.3 Å². The lowest BCUT2D eigenvalue weighted by molar-refractivity contribution is -0.136. The lowest BCUT2D eigenvalue weighted by atomic mass is 9.98. The van der Waals surface area contributed by atoms with Gasteiger partial charge in [-0.2, -0.15) is 5.10 Å². The van der Waals surface area contributed by atoms with Gasteiger partial charge in [0.15, 0.2) is 11.8 Å². The first-order chi connectivity index (χ1) is 12.4. The van der Waals surface area contributed by atoms with Crippen LogP contribution in [0.1, 0.15) is 26.3 Å².